The van der Waals surface area contributed by atoms with Crippen LogP contribution in [-0.2, 0) is 6.42 Å². The second kappa shape index (κ2) is 6.69. The predicted octanol–water partition coefficient (Wildman–Crippen LogP) is 4.86. The molecular weight excluding hydrogens is 230 g/mol. The van der Waals surface area contributed by atoms with Crippen LogP contribution >= 0.6 is 0 Å². The zero-order chi connectivity index (χ0) is 13.5. The van der Waals surface area contributed by atoms with Gasteiger partial charge in [0.15, 0.2) is 0 Å². The van der Waals surface area contributed by atoms with E-state index in [1.165, 1.54) is 11.1 Å². The molecule has 0 aliphatic rings. The molecule has 0 unspecified atom stereocenters. The molecule has 19 heavy (non-hydrogen) atoms. The quantitative estimate of drug-likeness (QED) is 0.530. The minimum absolute atomic E-state index is 0.987. The van der Waals surface area contributed by atoms with E-state index in [4.69, 9.17) is 0 Å². The zero-order valence-corrected chi connectivity index (χ0v) is 11.3. The van der Waals surface area contributed by atoms with Gasteiger partial charge in [-0.05, 0) is 43.0 Å². The van der Waals surface area contributed by atoms with E-state index < -0.39 is 0 Å². The third kappa shape index (κ3) is 4.22. The molecule has 0 saturated carbocycles. The Hall–Kier alpha value is -2.15. The van der Waals surface area contributed by atoms with Gasteiger partial charge < -0.3 is 0 Å². The van der Waals surface area contributed by atoms with Crippen LogP contribution in [-0.4, -0.2) is 6.21 Å². The predicted molar refractivity (Wildman–Crippen MR) is 83.4 cm³/mol. The standard InChI is InChI=1S/C18H19N/c1-3-4-5-16-8-10-17(11-9-16)14-19-18-12-6-15(2)7-13-18/h3,6-14H,1,4-5H2,2H3. The highest BCUT2D eigenvalue weighted by Crippen LogP contribution is 2.13. The molecule has 0 N–H and O–H groups in total. The summed E-state index contributed by atoms with van der Waals surface area (Å²) in [6.07, 6.45) is 5.93. The highest BCUT2D eigenvalue weighted by Gasteiger charge is 1.92. The number of allylic oxidation sites excluding steroid dienone is 1. The van der Waals surface area contributed by atoms with E-state index >= 15 is 0 Å². The Bertz CT molecular complexity index is 547. The van der Waals surface area contributed by atoms with E-state index in [-0.39, 0.29) is 0 Å². The van der Waals surface area contributed by atoms with Gasteiger partial charge in [-0.25, -0.2) is 0 Å². The number of aliphatic imine (C=N–C) groups is 1. The van der Waals surface area contributed by atoms with Crippen LogP contribution < -0.4 is 0 Å². The summed E-state index contributed by atoms with van der Waals surface area (Å²) in [6, 6.07) is 16.7. The van der Waals surface area contributed by atoms with Crippen molar-refractivity contribution in [3.05, 3.63) is 77.9 Å². The molecule has 0 aromatic heterocycles. The summed E-state index contributed by atoms with van der Waals surface area (Å²) in [5.74, 6) is 0. The maximum absolute atomic E-state index is 4.47. The van der Waals surface area contributed by atoms with E-state index in [0.29, 0.717) is 0 Å². The van der Waals surface area contributed by atoms with Crippen molar-refractivity contribution in [1.82, 2.24) is 0 Å². The fourth-order valence-corrected chi connectivity index (χ4v) is 1.82. The summed E-state index contributed by atoms with van der Waals surface area (Å²) in [5, 5.41) is 0. The average molecular weight is 249 g/mol. The monoisotopic (exact) mass is 249 g/mol. The van der Waals surface area contributed by atoms with Crippen LogP contribution in [0, 0.1) is 6.92 Å². The Morgan fingerprint density at radius 3 is 2.32 bits per heavy atom. The van der Waals surface area contributed by atoms with Crippen LogP contribution in [0.2, 0.25) is 0 Å². The van der Waals surface area contributed by atoms with Crippen molar-refractivity contribution in [1.29, 1.82) is 0 Å². The van der Waals surface area contributed by atoms with Gasteiger partial charge in [0.1, 0.15) is 0 Å². The molecule has 96 valence electrons. The molecule has 0 heterocycles. The van der Waals surface area contributed by atoms with Crippen LogP contribution in [0.5, 0.6) is 0 Å². The third-order valence-corrected chi connectivity index (χ3v) is 3.01. The fraction of sp³-hybridized carbons (Fsp3) is 0.167. The molecule has 0 spiro atoms. The van der Waals surface area contributed by atoms with E-state index in [2.05, 4.69) is 54.9 Å². The van der Waals surface area contributed by atoms with Crippen molar-refractivity contribution in [3.63, 3.8) is 0 Å². The van der Waals surface area contributed by atoms with Gasteiger partial charge in [-0.2, -0.15) is 0 Å². The first-order chi connectivity index (χ1) is 9.28. The number of benzene rings is 2. The Labute approximate surface area is 115 Å². The van der Waals surface area contributed by atoms with Crippen molar-refractivity contribution >= 4 is 11.9 Å². The van der Waals surface area contributed by atoms with Crippen LogP contribution in [0.4, 0.5) is 5.69 Å². The van der Waals surface area contributed by atoms with Crippen LogP contribution in [0.15, 0.2) is 66.2 Å². The van der Waals surface area contributed by atoms with Gasteiger partial charge in [0.05, 0.1) is 5.69 Å². The summed E-state index contributed by atoms with van der Waals surface area (Å²) in [4.78, 5) is 4.47. The second-order valence-corrected chi connectivity index (χ2v) is 4.66. The number of hydrogen-bond donors (Lipinski definition) is 0. The molecule has 1 heteroatoms. The van der Waals surface area contributed by atoms with E-state index in [0.717, 1.165) is 24.1 Å². The van der Waals surface area contributed by atoms with Crippen molar-refractivity contribution in [2.75, 3.05) is 0 Å². The maximum atomic E-state index is 4.47. The van der Waals surface area contributed by atoms with Crippen LogP contribution in [0.25, 0.3) is 0 Å². The topological polar surface area (TPSA) is 12.4 Å². The molecule has 2 rings (SSSR count). The van der Waals surface area contributed by atoms with Gasteiger partial charge in [-0.1, -0.05) is 48.0 Å². The molecule has 0 bridgehead atoms. The molecule has 0 amide bonds. The van der Waals surface area contributed by atoms with Gasteiger partial charge >= 0.3 is 0 Å². The second-order valence-electron chi connectivity index (χ2n) is 4.66. The lowest BCUT2D eigenvalue weighted by Crippen LogP contribution is -1.85. The molecule has 0 radical (unpaired) electrons. The summed E-state index contributed by atoms with van der Waals surface area (Å²) in [5.41, 5.74) is 4.71. The lowest BCUT2D eigenvalue weighted by atomic mass is 10.1. The number of rotatable bonds is 5. The van der Waals surface area contributed by atoms with E-state index in [1.54, 1.807) is 0 Å². The Kier molecular flexibility index (Phi) is 4.68. The minimum Gasteiger partial charge on any atom is -0.256 e. The highest BCUT2D eigenvalue weighted by atomic mass is 14.7. The molecule has 0 aliphatic heterocycles. The van der Waals surface area contributed by atoms with E-state index in [1.807, 2.05) is 24.4 Å². The lowest BCUT2D eigenvalue weighted by Gasteiger charge is -1.99. The molecule has 0 fully saturated rings. The van der Waals surface area contributed by atoms with E-state index in [9.17, 15) is 0 Å². The molecular formula is C18H19N. The van der Waals surface area contributed by atoms with Crippen LogP contribution in [0.1, 0.15) is 23.1 Å². The summed E-state index contributed by atoms with van der Waals surface area (Å²) >= 11 is 0. The number of nitrogens with zero attached hydrogens (tertiary/aromatic N) is 1. The third-order valence-electron chi connectivity index (χ3n) is 3.01. The number of aryl methyl sites for hydroxylation is 2. The Morgan fingerprint density at radius 1 is 1.00 bits per heavy atom. The van der Waals surface area contributed by atoms with Gasteiger partial charge in [0.2, 0.25) is 0 Å². The Balaban J connectivity index is 2.02. The maximum Gasteiger partial charge on any atom is 0.0630 e. The smallest absolute Gasteiger partial charge is 0.0630 e. The van der Waals surface area contributed by atoms with Crippen molar-refractivity contribution in [2.24, 2.45) is 4.99 Å². The number of hydrogen-bond acceptors (Lipinski definition) is 1. The molecule has 0 atom stereocenters. The van der Waals surface area contributed by atoms with Gasteiger partial charge in [0, 0.05) is 6.21 Å². The van der Waals surface area contributed by atoms with Crippen molar-refractivity contribution in [2.45, 2.75) is 19.8 Å². The molecule has 0 saturated heterocycles. The average Bonchev–Trinajstić information content (AvgIpc) is 2.46. The molecule has 2 aromatic carbocycles. The first-order valence-electron chi connectivity index (χ1n) is 6.58. The van der Waals surface area contributed by atoms with Crippen molar-refractivity contribution < 1.29 is 0 Å². The van der Waals surface area contributed by atoms with Crippen LogP contribution in [0.3, 0.4) is 0 Å². The summed E-state index contributed by atoms with van der Waals surface area (Å²) in [7, 11) is 0. The first kappa shape index (κ1) is 13.3. The van der Waals surface area contributed by atoms with Gasteiger partial charge in [0.25, 0.3) is 0 Å². The highest BCUT2D eigenvalue weighted by molar-refractivity contribution is 5.81. The molecule has 0 aliphatic carbocycles. The Morgan fingerprint density at radius 2 is 1.68 bits per heavy atom. The van der Waals surface area contributed by atoms with Gasteiger partial charge in [-0.3, -0.25) is 4.99 Å². The largest absolute Gasteiger partial charge is 0.256 e. The lowest BCUT2D eigenvalue weighted by molar-refractivity contribution is 1.00. The van der Waals surface area contributed by atoms with Gasteiger partial charge in [-0.15, -0.1) is 6.58 Å². The minimum atomic E-state index is 0.987. The summed E-state index contributed by atoms with van der Waals surface area (Å²) < 4.78 is 0. The first-order valence-corrected chi connectivity index (χ1v) is 6.58. The SMILES string of the molecule is C=CCCc1ccc(C=Nc2ccc(C)cc2)cc1. The zero-order valence-electron chi connectivity index (χ0n) is 11.3. The molecule has 1 nitrogen and oxygen atoms in total. The fourth-order valence-electron chi connectivity index (χ4n) is 1.82. The normalized spacial score (nSPS) is 10.8. The molecule has 2 aromatic rings. The summed E-state index contributed by atoms with van der Waals surface area (Å²) in [6.45, 7) is 5.82. The van der Waals surface area contributed by atoms with Crippen molar-refractivity contribution in [3.8, 4) is 0 Å².